The Hall–Kier alpha value is -2.26. The highest BCUT2D eigenvalue weighted by molar-refractivity contribution is 7.89. The lowest BCUT2D eigenvalue weighted by molar-refractivity contribution is -0.118. The molecule has 0 bridgehead atoms. The van der Waals surface area contributed by atoms with Crippen LogP contribution in [0, 0.1) is 0 Å². The number of amides is 1. The molecule has 1 aromatic carbocycles. The first-order valence-corrected chi connectivity index (χ1v) is 7.66. The molecule has 1 amide bonds. The fraction of sp³-hybridized carbons (Fsp3) is 0.250. The molecule has 0 aliphatic heterocycles. The summed E-state index contributed by atoms with van der Waals surface area (Å²) in [7, 11) is -2.11. The molecule has 1 aromatic heterocycles. The van der Waals surface area contributed by atoms with E-state index in [-0.39, 0.29) is 17.2 Å². The number of hydrogen-bond acceptors (Lipinski definition) is 5. The zero-order valence-electron chi connectivity index (χ0n) is 11.4. The molecule has 2 rings (SSSR count). The van der Waals surface area contributed by atoms with Gasteiger partial charge < -0.3 is 4.90 Å². The van der Waals surface area contributed by atoms with Gasteiger partial charge >= 0.3 is 0 Å². The number of nitrogens with zero attached hydrogens (tertiary/aromatic N) is 4. The van der Waals surface area contributed by atoms with E-state index in [0.717, 1.165) is 0 Å². The summed E-state index contributed by atoms with van der Waals surface area (Å²) >= 11 is 0. The molecule has 2 aromatic rings. The van der Waals surface area contributed by atoms with Crippen LogP contribution < -0.4 is 10.0 Å². The standard InChI is InChI=1S/C12H15N5O3S/c1-16(12(18)6-8-17-9-7-14-15-17)10-2-4-11(5-3-10)21(13,19)20/h2-5,7,9H,6,8H2,1H3,(H2,13,19,20). The van der Waals surface area contributed by atoms with Crippen molar-refractivity contribution in [2.45, 2.75) is 17.9 Å². The predicted octanol–water partition coefficient (Wildman–Crippen LogP) is -0.0214. The smallest absolute Gasteiger partial charge is 0.238 e. The van der Waals surface area contributed by atoms with Crippen LogP contribution in [0.15, 0.2) is 41.6 Å². The average Bonchev–Trinajstić information content (AvgIpc) is 2.96. The first kappa shape index (κ1) is 15.1. The molecule has 0 spiro atoms. The molecule has 0 radical (unpaired) electrons. The van der Waals surface area contributed by atoms with Gasteiger partial charge in [-0.3, -0.25) is 9.48 Å². The number of primary sulfonamides is 1. The second-order valence-electron chi connectivity index (χ2n) is 4.41. The van der Waals surface area contributed by atoms with Crippen LogP contribution in [0.25, 0.3) is 0 Å². The Morgan fingerprint density at radius 1 is 1.33 bits per heavy atom. The summed E-state index contributed by atoms with van der Waals surface area (Å²) in [5.74, 6) is -0.117. The van der Waals surface area contributed by atoms with Gasteiger partial charge in [-0.2, -0.15) is 0 Å². The summed E-state index contributed by atoms with van der Waals surface area (Å²) in [6, 6.07) is 5.80. The van der Waals surface area contributed by atoms with Crippen molar-refractivity contribution >= 4 is 21.6 Å². The summed E-state index contributed by atoms with van der Waals surface area (Å²) in [6.45, 7) is 0.429. The molecule has 21 heavy (non-hydrogen) atoms. The van der Waals surface area contributed by atoms with Gasteiger partial charge in [0.25, 0.3) is 0 Å². The van der Waals surface area contributed by atoms with Crippen LogP contribution in [-0.4, -0.2) is 36.4 Å². The van der Waals surface area contributed by atoms with Crippen molar-refractivity contribution in [1.82, 2.24) is 15.0 Å². The summed E-state index contributed by atoms with van der Waals surface area (Å²) < 4.78 is 23.9. The first-order chi connectivity index (χ1) is 9.88. The lowest BCUT2D eigenvalue weighted by Gasteiger charge is -2.17. The predicted molar refractivity (Wildman–Crippen MR) is 75.9 cm³/mol. The molecule has 0 saturated carbocycles. The van der Waals surface area contributed by atoms with E-state index in [4.69, 9.17) is 5.14 Å². The van der Waals surface area contributed by atoms with Crippen LogP contribution in [0.4, 0.5) is 5.69 Å². The summed E-state index contributed by atoms with van der Waals surface area (Å²) in [4.78, 5) is 13.5. The highest BCUT2D eigenvalue weighted by Gasteiger charge is 2.13. The molecular formula is C12H15N5O3S. The van der Waals surface area contributed by atoms with E-state index in [1.54, 1.807) is 24.1 Å². The number of benzene rings is 1. The van der Waals surface area contributed by atoms with Crippen molar-refractivity contribution in [3.05, 3.63) is 36.7 Å². The molecule has 1 heterocycles. The molecule has 8 nitrogen and oxygen atoms in total. The normalized spacial score (nSPS) is 11.3. The van der Waals surface area contributed by atoms with Gasteiger partial charge in [-0.25, -0.2) is 13.6 Å². The zero-order valence-corrected chi connectivity index (χ0v) is 12.2. The maximum Gasteiger partial charge on any atom is 0.238 e. The van der Waals surface area contributed by atoms with Crippen molar-refractivity contribution in [1.29, 1.82) is 0 Å². The summed E-state index contributed by atoms with van der Waals surface area (Å²) in [5.41, 5.74) is 0.589. The SMILES string of the molecule is CN(C(=O)CCn1ccnn1)c1ccc(S(N)(=O)=O)cc1. The van der Waals surface area contributed by atoms with Crippen molar-refractivity contribution in [2.24, 2.45) is 5.14 Å². The number of nitrogens with two attached hydrogens (primary N) is 1. The van der Waals surface area contributed by atoms with Gasteiger partial charge in [0, 0.05) is 25.4 Å². The van der Waals surface area contributed by atoms with Crippen LogP contribution in [-0.2, 0) is 21.4 Å². The van der Waals surface area contributed by atoms with E-state index in [9.17, 15) is 13.2 Å². The van der Waals surface area contributed by atoms with Gasteiger partial charge in [-0.05, 0) is 24.3 Å². The monoisotopic (exact) mass is 309 g/mol. The first-order valence-electron chi connectivity index (χ1n) is 6.11. The van der Waals surface area contributed by atoms with Gasteiger partial charge in [0.2, 0.25) is 15.9 Å². The average molecular weight is 309 g/mol. The van der Waals surface area contributed by atoms with Crippen molar-refractivity contribution < 1.29 is 13.2 Å². The largest absolute Gasteiger partial charge is 0.315 e. The van der Waals surface area contributed by atoms with E-state index in [0.29, 0.717) is 12.2 Å². The number of rotatable bonds is 5. The number of sulfonamides is 1. The van der Waals surface area contributed by atoms with Gasteiger partial charge in [-0.1, -0.05) is 5.21 Å². The highest BCUT2D eigenvalue weighted by atomic mass is 32.2. The Kier molecular flexibility index (Phi) is 4.34. The molecule has 9 heteroatoms. The van der Waals surface area contributed by atoms with Gasteiger partial charge in [-0.15, -0.1) is 5.10 Å². The van der Waals surface area contributed by atoms with Crippen LogP contribution in [0.3, 0.4) is 0 Å². The van der Waals surface area contributed by atoms with E-state index >= 15 is 0 Å². The lowest BCUT2D eigenvalue weighted by Crippen LogP contribution is -2.27. The number of anilines is 1. The van der Waals surface area contributed by atoms with Crippen molar-refractivity contribution in [3.63, 3.8) is 0 Å². The Morgan fingerprint density at radius 2 is 2.00 bits per heavy atom. The number of carbonyl (C=O) groups is 1. The van der Waals surface area contributed by atoms with E-state index < -0.39 is 10.0 Å². The molecule has 0 fully saturated rings. The molecule has 0 aliphatic rings. The quantitative estimate of drug-likeness (QED) is 0.834. The molecule has 0 saturated heterocycles. The maximum absolute atomic E-state index is 12.0. The summed E-state index contributed by atoms with van der Waals surface area (Å²) in [6.07, 6.45) is 3.48. The molecule has 0 unspecified atom stereocenters. The summed E-state index contributed by atoms with van der Waals surface area (Å²) in [5, 5.41) is 12.5. The van der Waals surface area contributed by atoms with E-state index in [1.807, 2.05) is 0 Å². The Morgan fingerprint density at radius 3 is 2.52 bits per heavy atom. The van der Waals surface area contributed by atoms with E-state index in [1.165, 1.54) is 29.2 Å². The molecular weight excluding hydrogens is 294 g/mol. The Labute approximate surface area is 122 Å². The van der Waals surface area contributed by atoms with Crippen LogP contribution in [0.2, 0.25) is 0 Å². The third kappa shape index (κ3) is 3.86. The van der Waals surface area contributed by atoms with E-state index in [2.05, 4.69) is 10.3 Å². The van der Waals surface area contributed by atoms with Gasteiger partial charge in [0.1, 0.15) is 0 Å². The minimum absolute atomic E-state index is 0.00899. The minimum Gasteiger partial charge on any atom is -0.315 e. The highest BCUT2D eigenvalue weighted by Crippen LogP contribution is 2.16. The van der Waals surface area contributed by atoms with Gasteiger partial charge in [0.15, 0.2) is 0 Å². The number of hydrogen-bond donors (Lipinski definition) is 1. The second-order valence-corrected chi connectivity index (χ2v) is 5.97. The van der Waals surface area contributed by atoms with Crippen molar-refractivity contribution in [3.8, 4) is 0 Å². The molecule has 0 atom stereocenters. The van der Waals surface area contributed by atoms with Crippen LogP contribution in [0.1, 0.15) is 6.42 Å². The maximum atomic E-state index is 12.0. The van der Waals surface area contributed by atoms with Crippen LogP contribution in [0.5, 0.6) is 0 Å². The molecule has 2 N–H and O–H groups in total. The fourth-order valence-corrected chi connectivity index (χ4v) is 2.25. The Balaban J connectivity index is 2.02. The topological polar surface area (TPSA) is 111 Å². The minimum atomic E-state index is -3.73. The second kappa shape index (κ2) is 6.02. The third-order valence-electron chi connectivity index (χ3n) is 2.95. The lowest BCUT2D eigenvalue weighted by atomic mass is 10.2. The zero-order chi connectivity index (χ0) is 15.5. The third-order valence-corrected chi connectivity index (χ3v) is 3.88. The fourth-order valence-electron chi connectivity index (χ4n) is 1.73. The van der Waals surface area contributed by atoms with Gasteiger partial charge in [0.05, 0.1) is 17.6 Å². The molecule has 0 aliphatic carbocycles. The number of carbonyl (C=O) groups excluding carboxylic acids is 1. The number of aromatic nitrogens is 3. The Bertz CT molecular complexity index is 710. The van der Waals surface area contributed by atoms with Crippen molar-refractivity contribution in [2.75, 3.05) is 11.9 Å². The number of aryl methyl sites for hydroxylation is 1. The van der Waals surface area contributed by atoms with Crippen LogP contribution >= 0.6 is 0 Å². The molecule has 112 valence electrons.